The van der Waals surface area contributed by atoms with Gasteiger partial charge in [0.05, 0.1) is 5.52 Å². The van der Waals surface area contributed by atoms with E-state index >= 15 is 0 Å². The van der Waals surface area contributed by atoms with Crippen LogP contribution in [0.5, 0.6) is 0 Å². The predicted molar refractivity (Wildman–Crippen MR) is 37.7 cm³/mol. The summed E-state index contributed by atoms with van der Waals surface area (Å²) in [5, 5.41) is 10.6. The minimum absolute atomic E-state index is 0.638. The zero-order chi connectivity index (χ0) is 6.97. The van der Waals surface area contributed by atoms with Crippen molar-refractivity contribution < 1.29 is 0 Å². The molecule has 0 aliphatic rings. The van der Waals surface area contributed by atoms with Gasteiger partial charge in [-0.1, -0.05) is 16.8 Å². The quantitative estimate of drug-likeness (QED) is 0.620. The Bertz CT molecular complexity index is 355. The van der Waals surface area contributed by atoms with Crippen LogP contribution in [0, 0.1) is 6.07 Å². The highest BCUT2D eigenvalue weighted by Gasteiger charge is 1.95. The Morgan fingerprint density at radius 2 is 2.50 bits per heavy atom. The van der Waals surface area contributed by atoms with Gasteiger partial charge in [0.15, 0.2) is 0 Å². The molecule has 0 saturated heterocycles. The number of aromatic nitrogens is 3. The first-order valence-electron chi connectivity index (χ1n) is 2.74. The van der Waals surface area contributed by atoms with Gasteiger partial charge in [0.1, 0.15) is 5.52 Å². The molecule has 2 aromatic rings. The standard InChI is InChI=1S/C6H3ClN3/c7-4-1-2-5-6(3-4)9-10-8-5/h1,3H,(H,8,9,10). The fourth-order valence-corrected chi connectivity index (χ4v) is 0.923. The van der Waals surface area contributed by atoms with Gasteiger partial charge in [0, 0.05) is 11.1 Å². The average molecular weight is 153 g/mol. The summed E-state index contributed by atoms with van der Waals surface area (Å²) in [6.07, 6.45) is 0. The zero-order valence-electron chi connectivity index (χ0n) is 4.93. The van der Waals surface area contributed by atoms with Crippen LogP contribution in [0.15, 0.2) is 12.1 Å². The summed E-state index contributed by atoms with van der Waals surface area (Å²) in [4.78, 5) is 0. The van der Waals surface area contributed by atoms with Crippen LogP contribution in [-0.4, -0.2) is 15.4 Å². The van der Waals surface area contributed by atoms with Crippen molar-refractivity contribution in [2.75, 3.05) is 0 Å². The molecule has 0 unspecified atom stereocenters. The molecule has 0 amide bonds. The molecule has 0 bridgehead atoms. The van der Waals surface area contributed by atoms with E-state index in [1.165, 1.54) is 0 Å². The summed E-state index contributed by atoms with van der Waals surface area (Å²) in [7, 11) is 0. The molecule has 1 aromatic heterocycles. The largest absolute Gasteiger partial charge is 0.257 e. The van der Waals surface area contributed by atoms with Crippen molar-refractivity contribution in [2.24, 2.45) is 0 Å². The molecule has 1 aromatic carbocycles. The van der Waals surface area contributed by atoms with Crippen LogP contribution in [0.4, 0.5) is 0 Å². The van der Waals surface area contributed by atoms with E-state index in [2.05, 4.69) is 21.5 Å². The number of aromatic amines is 1. The van der Waals surface area contributed by atoms with Crippen LogP contribution in [-0.2, 0) is 0 Å². The van der Waals surface area contributed by atoms with Gasteiger partial charge in [0.2, 0.25) is 0 Å². The molecule has 0 aliphatic heterocycles. The van der Waals surface area contributed by atoms with Gasteiger partial charge in [-0.25, -0.2) is 0 Å². The number of H-pyrrole nitrogens is 1. The van der Waals surface area contributed by atoms with Crippen LogP contribution >= 0.6 is 11.6 Å². The third-order valence-corrected chi connectivity index (χ3v) is 1.42. The van der Waals surface area contributed by atoms with Crippen LogP contribution < -0.4 is 0 Å². The number of halogens is 1. The number of benzene rings is 1. The maximum absolute atomic E-state index is 5.67. The highest BCUT2D eigenvalue weighted by Crippen LogP contribution is 2.13. The molecule has 10 heavy (non-hydrogen) atoms. The number of nitrogens with one attached hydrogen (secondary N) is 1. The van der Waals surface area contributed by atoms with E-state index in [1.54, 1.807) is 12.1 Å². The van der Waals surface area contributed by atoms with E-state index < -0.39 is 0 Å². The first-order chi connectivity index (χ1) is 4.86. The number of fused-ring (bicyclic) bond motifs is 1. The van der Waals surface area contributed by atoms with Crippen molar-refractivity contribution in [2.45, 2.75) is 0 Å². The molecule has 0 saturated carbocycles. The van der Waals surface area contributed by atoms with Gasteiger partial charge in [-0.2, -0.15) is 0 Å². The van der Waals surface area contributed by atoms with Crippen LogP contribution in [0.2, 0.25) is 5.02 Å². The molecule has 0 atom stereocenters. The highest BCUT2D eigenvalue weighted by atomic mass is 35.5. The molecule has 1 radical (unpaired) electrons. The molecule has 1 N–H and O–H groups in total. The second kappa shape index (κ2) is 1.95. The SMILES string of the molecule is Clc1c[c]c2nn[nH]c2c1. The number of nitrogens with zero attached hydrogens (tertiary/aromatic N) is 2. The minimum Gasteiger partial charge on any atom is -0.257 e. The molecule has 1 heterocycles. The second-order valence-corrected chi connectivity index (χ2v) is 2.33. The van der Waals surface area contributed by atoms with Gasteiger partial charge in [-0.15, -0.1) is 5.10 Å². The van der Waals surface area contributed by atoms with Crippen LogP contribution in [0.3, 0.4) is 0 Å². The van der Waals surface area contributed by atoms with Gasteiger partial charge in [-0.3, -0.25) is 5.10 Å². The van der Waals surface area contributed by atoms with E-state index in [-0.39, 0.29) is 0 Å². The fourth-order valence-electron chi connectivity index (χ4n) is 0.760. The lowest BCUT2D eigenvalue weighted by molar-refractivity contribution is 0.959. The topological polar surface area (TPSA) is 41.6 Å². The Morgan fingerprint density at radius 1 is 1.60 bits per heavy atom. The molecule has 3 nitrogen and oxygen atoms in total. The van der Waals surface area contributed by atoms with Crippen molar-refractivity contribution in [3.8, 4) is 0 Å². The van der Waals surface area contributed by atoms with Crippen molar-refractivity contribution >= 4 is 22.6 Å². The number of hydrogen-bond acceptors (Lipinski definition) is 2. The minimum atomic E-state index is 0.638. The lowest BCUT2D eigenvalue weighted by Gasteiger charge is -1.85. The molecular weight excluding hydrogens is 150 g/mol. The number of rotatable bonds is 0. The summed E-state index contributed by atoms with van der Waals surface area (Å²) < 4.78 is 0. The van der Waals surface area contributed by atoms with Gasteiger partial charge in [0.25, 0.3) is 0 Å². The molecular formula is C6H3ClN3. The van der Waals surface area contributed by atoms with Gasteiger partial charge < -0.3 is 0 Å². The monoisotopic (exact) mass is 152 g/mol. The summed E-state index contributed by atoms with van der Waals surface area (Å²) >= 11 is 5.67. The first kappa shape index (κ1) is 5.68. The average Bonchev–Trinajstić information content (AvgIpc) is 2.33. The van der Waals surface area contributed by atoms with Gasteiger partial charge >= 0.3 is 0 Å². The zero-order valence-corrected chi connectivity index (χ0v) is 5.68. The van der Waals surface area contributed by atoms with Crippen molar-refractivity contribution in [1.82, 2.24) is 15.4 Å². The summed E-state index contributed by atoms with van der Waals surface area (Å²) in [6, 6.07) is 6.28. The van der Waals surface area contributed by atoms with E-state index in [9.17, 15) is 0 Å². The predicted octanol–water partition coefficient (Wildman–Crippen LogP) is 1.41. The third kappa shape index (κ3) is 0.752. The second-order valence-electron chi connectivity index (χ2n) is 1.89. The van der Waals surface area contributed by atoms with Crippen LogP contribution in [0.25, 0.3) is 11.0 Å². The summed E-state index contributed by atoms with van der Waals surface area (Å²) in [5.41, 5.74) is 1.52. The molecule has 49 valence electrons. The maximum atomic E-state index is 5.67. The van der Waals surface area contributed by atoms with E-state index in [1.807, 2.05) is 0 Å². The van der Waals surface area contributed by atoms with Crippen molar-refractivity contribution in [3.05, 3.63) is 23.2 Å². The summed E-state index contributed by atoms with van der Waals surface area (Å²) in [6.45, 7) is 0. The van der Waals surface area contributed by atoms with Crippen molar-refractivity contribution in [1.29, 1.82) is 0 Å². The Morgan fingerprint density at radius 3 is 3.40 bits per heavy atom. The highest BCUT2D eigenvalue weighted by molar-refractivity contribution is 6.31. The summed E-state index contributed by atoms with van der Waals surface area (Å²) in [5.74, 6) is 0. The van der Waals surface area contributed by atoms with E-state index in [0.717, 1.165) is 5.52 Å². The molecule has 4 heteroatoms. The van der Waals surface area contributed by atoms with Gasteiger partial charge in [-0.05, 0) is 12.1 Å². The molecule has 0 aliphatic carbocycles. The van der Waals surface area contributed by atoms with E-state index in [0.29, 0.717) is 10.5 Å². The smallest absolute Gasteiger partial charge is 0.120 e. The fraction of sp³-hybridized carbons (Fsp3) is 0. The Kier molecular flexibility index (Phi) is 1.11. The lowest BCUT2D eigenvalue weighted by Crippen LogP contribution is -1.68. The number of hydrogen-bond donors (Lipinski definition) is 1. The molecule has 0 fully saturated rings. The first-order valence-corrected chi connectivity index (χ1v) is 3.12. The lowest BCUT2D eigenvalue weighted by atomic mass is 10.3. The molecule has 2 rings (SSSR count). The van der Waals surface area contributed by atoms with Crippen molar-refractivity contribution in [3.63, 3.8) is 0 Å². The van der Waals surface area contributed by atoms with E-state index in [4.69, 9.17) is 11.6 Å². The third-order valence-electron chi connectivity index (χ3n) is 1.20. The maximum Gasteiger partial charge on any atom is 0.120 e. The normalized spacial score (nSPS) is 10.5. The Labute approximate surface area is 62.0 Å². The molecule has 0 spiro atoms. The Hall–Kier alpha value is -1.09. The van der Waals surface area contributed by atoms with Crippen LogP contribution in [0.1, 0.15) is 0 Å². The Balaban J connectivity index is 2.86.